The molecule has 0 heterocycles. The number of nitrogens with zero attached hydrogens (tertiary/aromatic N) is 1. The van der Waals surface area contributed by atoms with Crippen molar-refractivity contribution in [2.45, 2.75) is 26.3 Å². The summed E-state index contributed by atoms with van der Waals surface area (Å²) in [7, 11) is -2.05. The summed E-state index contributed by atoms with van der Waals surface area (Å²) in [5, 5.41) is 2.81. The van der Waals surface area contributed by atoms with Crippen LogP contribution in [0.1, 0.15) is 19.4 Å². The summed E-state index contributed by atoms with van der Waals surface area (Å²) in [6.07, 6.45) is 1.72. The van der Waals surface area contributed by atoms with Crippen LogP contribution in [0.15, 0.2) is 48.5 Å². The molecule has 158 valence electrons. The van der Waals surface area contributed by atoms with Gasteiger partial charge in [-0.15, -0.1) is 0 Å². The highest BCUT2D eigenvalue weighted by atomic mass is 32.2. The van der Waals surface area contributed by atoms with Crippen LogP contribution in [0, 0.1) is 0 Å². The monoisotopic (exact) mass is 420 g/mol. The van der Waals surface area contributed by atoms with Crippen molar-refractivity contribution >= 4 is 21.6 Å². The molecule has 8 heteroatoms. The summed E-state index contributed by atoms with van der Waals surface area (Å²) in [4.78, 5) is 12.6. The van der Waals surface area contributed by atoms with Gasteiger partial charge in [0.05, 0.1) is 25.7 Å². The average Bonchev–Trinajstić information content (AvgIpc) is 2.69. The smallest absolute Gasteiger partial charge is 0.243 e. The van der Waals surface area contributed by atoms with Crippen molar-refractivity contribution in [2.24, 2.45) is 0 Å². The van der Waals surface area contributed by atoms with Crippen LogP contribution < -0.4 is 19.1 Å². The molecule has 2 aromatic rings. The fourth-order valence-electron chi connectivity index (χ4n) is 2.93. The van der Waals surface area contributed by atoms with Gasteiger partial charge < -0.3 is 14.8 Å². The maximum atomic E-state index is 12.6. The molecule has 0 bridgehead atoms. The molecule has 0 aliphatic heterocycles. The van der Waals surface area contributed by atoms with Gasteiger partial charge in [-0.25, -0.2) is 8.42 Å². The number of amides is 1. The SMILES string of the molecule is CCOc1ccc(N([C@H](C)C(=O)NCCc2ccc(OC)cc2)S(C)(=O)=O)cc1. The molecule has 2 aromatic carbocycles. The maximum Gasteiger partial charge on any atom is 0.243 e. The highest BCUT2D eigenvalue weighted by Gasteiger charge is 2.28. The standard InChI is InChI=1S/C21H28N2O5S/c1-5-28-20-12-8-18(9-13-20)23(29(4,25)26)16(2)21(24)22-15-14-17-6-10-19(27-3)11-7-17/h6-13,16H,5,14-15H2,1-4H3,(H,22,24)/t16-/m1/s1. The van der Waals surface area contributed by atoms with Gasteiger partial charge in [-0.2, -0.15) is 0 Å². The van der Waals surface area contributed by atoms with E-state index in [1.54, 1.807) is 38.3 Å². The van der Waals surface area contributed by atoms with E-state index < -0.39 is 16.1 Å². The summed E-state index contributed by atoms with van der Waals surface area (Å²) in [6, 6.07) is 13.3. The van der Waals surface area contributed by atoms with Crippen LogP contribution in [0.5, 0.6) is 11.5 Å². The second-order valence-electron chi connectivity index (χ2n) is 6.55. The van der Waals surface area contributed by atoms with Crippen LogP contribution in [-0.4, -0.2) is 46.9 Å². The molecule has 1 amide bonds. The van der Waals surface area contributed by atoms with Gasteiger partial charge in [0.15, 0.2) is 0 Å². The van der Waals surface area contributed by atoms with E-state index >= 15 is 0 Å². The third-order valence-corrected chi connectivity index (χ3v) is 5.60. The first-order chi connectivity index (χ1) is 13.8. The Morgan fingerprint density at radius 1 is 1.07 bits per heavy atom. The summed E-state index contributed by atoms with van der Waals surface area (Å²) in [6.45, 7) is 4.35. The molecule has 0 spiro atoms. The predicted molar refractivity (Wildman–Crippen MR) is 114 cm³/mol. The number of hydrogen-bond donors (Lipinski definition) is 1. The lowest BCUT2D eigenvalue weighted by Crippen LogP contribution is -2.48. The molecule has 0 saturated heterocycles. The molecule has 0 aliphatic rings. The Balaban J connectivity index is 2.04. The van der Waals surface area contributed by atoms with Crippen LogP contribution in [0.3, 0.4) is 0 Å². The third kappa shape index (κ3) is 6.39. The molecule has 0 saturated carbocycles. The number of carbonyl (C=O) groups excluding carboxylic acids is 1. The Labute approximate surface area is 172 Å². The molecular weight excluding hydrogens is 392 g/mol. The molecule has 0 fully saturated rings. The lowest BCUT2D eigenvalue weighted by molar-refractivity contribution is -0.121. The van der Waals surface area contributed by atoms with Crippen LogP contribution in [0.4, 0.5) is 5.69 Å². The summed E-state index contributed by atoms with van der Waals surface area (Å²) in [5.41, 5.74) is 1.46. The Kier molecular flexibility index (Phi) is 7.90. The molecule has 1 atom stereocenters. The number of nitrogens with one attached hydrogen (secondary N) is 1. The predicted octanol–water partition coefficient (Wildman–Crippen LogP) is 2.61. The quantitative estimate of drug-likeness (QED) is 0.639. The summed E-state index contributed by atoms with van der Waals surface area (Å²) >= 11 is 0. The second kappa shape index (κ2) is 10.2. The Hall–Kier alpha value is -2.74. The molecule has 0 unspecified atom stereocenters. The Morgan fingerprint density at radius 3 is 2.17 bits per heavy atom. The van der Waals surface area contributed by atoms with E-state index in [1.807, 2.05) is 31.2 Å². The molecular formula is C21H28N2O5S. The third-order valence-electron chi connectivity index (χ3n) is 4.36. The summed E-state index contributed by atoms with van der Waals surface area (Å²) < 4.78 is 36.3. The minimum atomic E-state index is -3.65. The maximum absolute atomic E-state index is 12.6. The van der Waals surface area contributed by atoms with Crippen molar-refractivity contribution < 1.29 is 22.7 Å². The van der Waals surface area contributed by atoms with E-state index in [2.05, 4.69) is 5.32 Å². The lowest BCUT2D eigenvalue weighted by Gasteiger charge is -2.28. The van der Waals surface area contributed by atoms with Gasteiger partial charge in [-0.05, 0) is 62.2 Å². The number of rotatable bonds is 10. The molecule has 0 radical (unpaired) electrons. The Bertz CT molecular complexity index is 896. The zero-order chi connectivity index (χ0) is 21.4. The van der Waals surface area contributed by atoms with Crippen LogP contribution in [0.2, 0.25) is 0 Å². The van der Waals surface area contributed by atoms with E-state index in [9.17, 15) is 13.2 Å². The van der Waals surface area contributed by atoms with Crippen LogP contribution >= 0.6 is 0 Å². The molecule has 7 nitrogen and oxygen atoms in total. The Morgan fingerprint density at radius 2 is 1.66 bits per heavy atom. The van der Waals surface area contributed by atoms with Crippen molar-refractivity contribution in [1.29, 1.82) is 0 Å². The van der Waals surface area contributed by atoms with Crippen molar-refractivity contribution in [3.63, 3.8) is 0 Å². The molecule has 1 N–H and O–H groups in total. The van der Waals surface area contributed by atoms with Crippen LogP contribution in [0.25, 0.3) is 0 Å². The molecule has 0 aliphatic carbocycles. The van der Waals surface area contributed by atoms with Crippen molar-refractivity contribution in [1.82, 2.24) is 5.32 Å². The zero-order valence-corrected chi connectivity index (χ0v) is 18.0. The minimum absolute atomic E-state index is 0.363. The lowest BCUT2D eigenvalue weighted by atomic mass is 10.1. The highest BCUT2D eigenvalue weighted by molar-refractivity contribution is 7.92. The van der Waals surface area contributed by atoms with E-state index in [1.165, 1.54) is 0 Å². The largest absolute Gasteiger partial charge is 0.497 e. The van der Waals surface area contributed by atoms with Crippen molar-refractivity contribution in [3.8, 4) is 11.5 Å². The zero-order valence-electron chi connectivity index (χ0n) is 17.2. The fourth-order valence-corrected chi connectivity index (χ4v) is 4.11. The number of anilines is 1. The first kappa shape index (κ1) is 22.5. The fraction of sp³-hybridized carbons (Fsp3) is 0.381. The van der Waals surface area contributed by atoms with Gasteiger partial charge in [0.25, 0.3) is 0 Å². The van der Waals surface area contributed by atoms with Crippen molar-refractivity contribution in [2.75, 3.05) is 30.8 Å². The average molecular weight is 421 g/mol. The van der Waals surface area contributed by atoms with Gasteiger partial charge in [0.2, 0.25) is 15.9 Å². The number of benzene rings is 2. The van der Waals surface area contributed by atoms with E-state index in [4.69, 9.17) is 9.47 Å². The normalized spacial score (nSPS) is 12.1. The molecule has 2 rings (SSSR count). The first-order valence-electron chi connectivity index (χ1n) is 9.39. The van der Waals surface area contributed by atoms with Gasteiger partial charge >= 0.3 is 0 Å². The van der Waals surface area contributed by atoms with Gasteiger partial charge in [-0.1, -0.05) is 12.1 Å². The topological polar surface area (TPSA) is 84.9 Å². The number of hydrogen-bond acceptors (Lipinski definition) is 5. The second-order valence-corrected chi connectivity index (χ2v) is 8.41. The minimum Gasteiger partial charge on any atom is -0.497 e. The number of methoxy groups -OCH3 is 1. The summed E-state index contributed by atoms with van der Waals surface area (Å²) in [5.74, 6) is 1.05. The van der Waals surface area contributed by atoms with E-state index in [0.29, 0.717) is 31.0 Å². The number of ether oxygens (including phenoxy) is 2. The highest BCUT2D eigenvalue weighted by Crippen LogP contribution is 2.24. The van der Waals surface area contributed by atoms with Gasteiger partial charge in [-0.3, -0.25) is 9.10 Å². The first-order valence-corrected chi connectivity index (χ1v) is 11.2. The van der Waals surface area contributed by atoms with Crippen LogP contribution in [-0.2, 0) is 21.2 Å². The number of carbonyl (C=O) groups is 1. The van der Waals surface area contributed by atoms with Gasteiger partial charge in [0, 0.05) is 6.54 Å². The van der Waals surface area contributed by atoms with Crippen molar-refractivity contribution in [3.05, 3.63) is 54.1 Å². The molecule has 0 aromatic heterocycles. The van der Waals surface area contributed by atoms with E-state index in [-0.39, 0.29) is 5.91 Å². The van der Waals surface area contributed by atoms with E-state index in [0.717, 1.165) is 21.9 Å². The molecule has 29 heavy (non-hydrogen) atoms. The van der Waals surface area contributed by atoms with Gasteiger partial charge in [0.1, 0.15) is 17.5 Å². The number of sulfonamides is 1.